The predicted octanol–water partition coefficient (Wildman–Crippen LogP) is 4.36. The highest BCUT2D eigenvalue weighted by molar-refractivity contribution is 6.06. The summed E-state index contributed by atoms with van der Waals surface area (Å²) in [6.07, 6.45) is -4.00. The van der Waals surface area contributed by atoms with E-state index in [0.29, 0.717) is 19.1 Å². The van der Waals surface area contributed by atoms with Crippen molar-refractivity contribution in [3.8, 4) is 0 Å². The Balaban J connectivity index is 2.51. The number of nitrogens with zero attached hydrogens (tertiary/aromatic N) is 2. The fraction of sp³-hybridized carbons (Fsp3) is 0.200. The molecule has 1 aromatic heterocycles. The van der Waals surface area contributed by atoms with E-state index in [1.165, 1.54) is 24.3 Å². The Morgan fingerprint density at radius 1 is 1.04 bits per heavy atom. The van der Waals surface area contributed by atoms with E-state index in [2.05, 4.69) is 4.98 Å². The molecule has 0 aliphatic heterocycles. The molecule has 8 heteroatoms. The summed E-state index contributed by atoms with van der Waals surface area (Å²) in [5.74, 6) is -1.92. The minimum Gasteiger partial charge on any atom is -0.268 e. The number of anilines is 1. The van der Waals surface area contributed by atoms with Crippen LogP contribution in [-0.4, -0.2) is 16.9 Å². The number of amides is 1. The molecule has 1 aromatic carbocycles. The Morgan fingerprint density at radius 3 is 2.17 bits per heavy atom. The first-order chi connectivity index (χ1) is 10.6. The molecule has 1 heterocycles. The highest BCUT2D eigenvalue weighted by Crippen LogP contribution is 2.33. The zero-order valence-electron chi connectivity index (χ0n) is 11.8. The molecule has 122 valence electrons. The molecule has 1 amide bonds. The van der Waals surface area contributed by atoms with Crippen LogP contribution in [0, 0.1) is 0 Å². The molecule has 2 aromatic rings. The van der Waals surface area contributed by atoms with Gasteiger partial charge in [0.1, 0.15) is 5.82 Å². The van der Waals surface area contributed by atoms with Crippen LogP contribution in [0.15, 0.2) is 48.7 Å². The molecule has 0 radical (unpaired) electrons. The van der Waals surface area contributed by atoms with Crippen LogP contribution in [0.25, 0.3) is 0 Å². The number of hydrogen-bond donors (Lipinski definition) is 0. The third-order valence-electron chi connectivity index (χ3n) is 2.92. The van der Waals surface area contributed by atoms with Gasteiger partial charge in [0.2, 0.25) is 0 Å². The third kappa shape index (κ3) is 3.82. The largest absolute Gasteiger partial charge is 0.416 e. The van der Waals surface area contributed by atoms with Crippen LogP contribution in [0.1, 0.15) is 22.8 Å². The zero-order chi connectivity index (χ0) is 17.3. The van der Waals surface area contributed by atoms with Crippen molar-refractivity contribution in [2.45, 2.75) is 19.1 Å². The van der Waals surface area contributed by atoms with Gasteiger partial charge in [-0.3, -0.25) is 4.79 Å². The molecule has 23 heavy (non-hydrogen) atoms. The predicted molar refractivity (Wildman–Crippen MR) is 73.1 cm³/mol. The van der Waals surface area contributed by atoms with Gasteiger partial charge in [0.05, 0.1) is 5.56 Å². The number of halogens is 5. The van der Waals surface area contributed by atoms with Crippen molar-refractivity contribution < 1.29 is 26.7 Å². The molecule has 3 nitrogen and oxygen atoms in total. The van der Waals surface area contributed by atoms with E-state index < -0.39 is 29.5 Å². The van der Waals surface area contributed by atoms with E-state index in [-0.39, 0.29) is 10.5 Å². The number of hydrogen-bond acceptors (Lipinski definition) is 2. The monoisotopic (exact) mass is 330 g/mol. The lowest BCUT2D eigenvalue weighted by Gasteiger charge is -2.28. The van der Waals surface area contributed by atoms with Crippen LogP contribution in [0.4, 0.5) is 27.8 Å². The first-order valence-corrected chi connectivity index (χ1v) is 6.41. The number of carbonyl (C=O) groups excluding carboxylic acids is 1. The molecule has 0 bridgehead atoms. The van der Waals surface area contributed by atoms with Crippen molar-refractivity contribution in [1.82, 2.24) is 4.98 Å². The van der Waals surface area contributed by atoms with E-state index in [1.807, 2.05) is 0 Å². The summed E-state index contributed by atoms with van der Waals surface area (Å²) in [7, 11) is 0. The minimum atomic E-state index is -4.73. The molecule has 0 aliphatic rings. The number of alkyl halides is 5. The average molecular weight is 330 g/mol. The second-order valence-corrected chi connectivity index (χ2v) is 4.75. The van der Waals surface area contributed by atoms with Crippen LogP contribution < -0.4 is 4.90 Å². The van der Waals surface area contributed by atoms with Gasteiger partial charge in [0.25, 0.3) is 5.91 Å². The Hall–Kier alpha value is -2.51. The van der Waals surface area contributed by atoms with Crippen molar-refractivity contribution in [3.05, 3.63) is 59.8 Å². The van der Waals surface area contributed by atoms with Gasteiger partial charge < -0.3 is 0 Å². The van der Waals surface area contributed by atoms with Crippen LogP contribution in [0.3, 0.4) is 0 Å². The van der Waals surface area contributed by atoms with Crippen LogP contribution in [0.5, 0.6) is 0 Å². The zero-order valence-corrected chi connectivity index (χ0v) is 11.8. The molecule has 0 fully saturated rings. The van der Waals surface area contributed by atoms with Crippen molar-refractivity contribution in [2.75, 3.05) is 4.90 Å². The van der Waals surface area contributed by atoms with Gasteiger partial charge in [-0.1, -0.05) is 18.2 Å². The Bertz CT molecular complexity index is 695. The molecule has 0 N–H and O–H groups in total. The van der Waals surface area contributed by atoms with E-state index in [0.717, 1.165) is 6.20 Å². The van der Waals surface area contributed by atoms with Crippen molar-refractivity contribution >= 4 is 11.7 Å². The summed E-state index contributed by atoms with van der Waals surface area (Å²) in [6.45, 7) is 0.412. The summed E-state index contributed by atoms with van der Waals surface area (Å²) in [6, 6.07) is 4.39. The van der Waals surface area contributed by atoms with E-state index in [1.54, 1.807) is 6.07 Å². The number of benzene rings is 1. The summed E-state index contributed by atoms with van der Waals surface area (Å²) < 4.78 is 65.8. The highest BCUT2D eigenvalue weighted by atomic mass is 19.4. The molecule has 0 saturated carbocycles. The quantitative estimate of drug-likeness (QED) is 0.619. The lowest BCUT2D eigenvalue weighted by atomic mass is 10.2. The summed E-state index contributed by atoms with van der Waals surface area (Å²) in [4.78, 5) is 15.7. The minimum absolute atomic E-state index is 0.0580. The van der Waals surface area contributed by atoms with Crippen molar-refractivity contribution in [1.29, 1.82) is 0 Å². The topological polar surface area (TPSA) is 33.2 Å². The molecule has 0 unspecified atom stereocenters. The van der Waals surface area contributed by atoms with Crippen molar-refractivity contribution in [2.24, 2.45) is 0 Å². The van der Waals surface area contributed by atoms with E-state index in [4.69, 9.17) is 0 Å². The SMILES string of the molecule is CC(F)(F)N(C(=O)c1ccccc1)c1cc(C(F)(F)F)ccn1. The number of pyridine rings is 1. The summed E-state index contributed by atoms with van der Waals surface area (Å²) >= 11 is 0. The maximum Gasteiger partial charge on any atom is 0.416 e. The fourth-order valence-corrected chi connectivity index (χ4v) is 1.91. The maximum atomic E-state index is 13.8. The highest BCUT2D eigenvalue weighted by Gasteiger charge is 2.39. The first-order valence-electron chi connectivity index (χ1n) is 6.41. The maximum absolute atomic E-state index is 13.8. The van der Waals surface area contributed by atoms with E-state index >= 15 is 0 Å². The second-order valence-electron chi connectivity index (χ2n) is 4.75. The van der Waals surface area contributed by atoms with Gasteiger partial charge in [0, 0.05) is 18.7 Å². The normalized spacial score (nSPS) is 12.1. The van der Waals surface area contributed by atoms with Gasteiger partial charge in [-0.15, -0.1) is 0 Å². The van der Waals surface area contributed by atoms with Crippen LogP contribution in [0.2, 0.25) is 0 Å². The fourth-order valence-electron chi connectivity index (χ4n) is 1.91. The van der Waals surface area contributed by atoms with Crippen LogP contribution in [-0.2, 0) is 6.18 Å². The average Bonchev–Trinajstić information content (AvgIpc) is 2.46. The van der Waals surface area contributed by atoms with Crippen molar-refractivity contribution in [3.63, 3.8) is 0 Å². The lowest BCUT2D eigenvalue weighted by Crippen LogP contribution is -2.44. The van der Waals surface area contributed by atoms with Gasteiger partial charge >= 0.3 is 12.2 Å². The molecular weight excluding hydrogens is 319 g/mol. The number of carbonyl (C=O) groups is 1. The number of rotatable bonds is 3. The third-order valence-corrected chi connectivity index (χ3v) is 2.92. The molecular formula is C15H11F5N2O. The summed E-state index contributed by atoms with van der Waals surface area (Å²) in [5, 5.41) is 0. The molecule has 0 aliphatic carbocycles. The number of aromatic nitrogens is 1. The summed E-state index contributed by atoms with van der Waals surface area (Å²) in [5.41, 5.74) is -1.26. The van der Waals surface area contributed by atoms with Gasteiger partial charge in [-0.2, -0.15) is 22.0 Å². The first kappa shape index (κ1) is 16.9. The van der Waals surface area contributed by atoms with E-state index in [9.17, 15) is 26.7 Å². The second kappa shape index (κ2) is 5.94. The Labute approximate surface area is 128 Å². The molecule has 0 atom stereocenters. The molecule has 0 spiro atoms. The van der Waals surface area contributed by atoms with Gasteiger partial charge in [-0.25, -0.2) is 9.88 Å². The Morgan fingerprint density at radius 2 is 1.65 bits per heavy atom. The Kier molecular flexibility index (Phi) is 4.35. The molecule has 0 saturated heterocycles. The standard InChI is InChI=1S/C15H11F5N2O/c1-14(16,17)22(13(23)10-5-3-2-4-6-10)12-9-11(7-8-21-12)15(18,19)20/h2-9H,1H3. The van der Waals surface area contributed by atoms with Crippen LogP contribution >= 0.6 is 0 Å². The lowest BCUT2D eigenvalue weighted by molar-refractivity contribution is -0.137. The van der Waals surface area contributed by atoms with Gasteiger partial charge in [0.15, 0.2) is 0 Å². The molecule has 2 rings (SSSR count). The smallest absolute Gasteiger partial charge is 0.268 e. The van der Waals surface area contributed by atoms with Gasteiger partial charge in [-0.05, 0) is 24.3 Å².